The average Bonchev–Trinajstić information content (AvgIpc) is 2.44. The SMILES string of the molecule is Cc1cc(C)c(NC(=O)CNCc2ccccc2)c(C)c1.Cl. The monoisotopic (exact) mass is 318 g/mol. The van der Waals surface area contributed by atoms with Crippen LogP contribution in [0.2, 0.25) is 0 Å². The van der Waals surface area contributed by atoms with E-state index in [1.54, 1.807) is 0 Å². The lowest BCUT2D eigenvalue weighted by atomic mass is 10.1. The van der Waals surface area contributed by atoms with Gasteiger partial charge in [0.25, 0.3) is 0 Å². The molecule has 0 fully saturated rings. The van der Waals surface area contributed by atoms with Gasteiger partial charge >= 0.3 is 0 Å². The maximum atomic E-state index is 12.0. The lowest BCUT2D eigenvalue weighted by Gasteiger charge is -2.13. The first-order valence-electron chi connectivity index (χ1n) is 7.18. The van der Waals surface area contributed by atoms with E-state index in [0.717, 1.165) is 16.8 Å². The Morgan fingerprint density at radius 3 is 2.18 bits per heavy atom. The molecule has 0 saturated carbocycles. The molecule has 0 unspecified atom stereocenters. The average molecular weight is 319 g/mol. The Kier molecular flexibility index (Phi) is 7.09. The normalized spacial score (nSPS) is 9.95. The Balaban J connectivity index is 0.00000242. The van der Waals surface area contributed by atoms with Crippen LogP contribution in [0, 0.1) is 20.8 Å². The minimum atomic E-state index is -0.0130. The highest BCUT2D eigenvalue weighted by molar-refractivity contribution is 5.93. The van der Waals surface area contributed by atoms with Crippen molar-refractivity contribution in [3.05, 3.63) is 64.7 Å². The van der Waals surface area contributed by atoms with Gasteiger partial charge in [0.15, 0.2) is 0 Å². The molecular formula is C18H23ClN2O. The summed E-state index contributed by atoms with van der Waals surface area (Å²) in [6.07, 6.45) is 0. The van der Waals surface area contributed by atoms with E-state index < -0.39 is 0 Å². The van der Waals surface area contributed by atoms with Gasteiger partial charge in [0, 0.05) is 12.2 Å². The van der Waals surface area contributed by atoms with Gasteiger partial charge in [-0.2, -0.15) is 0 Å². The minimum absolute atomic E-state index is 0. The van der Waals surface area contributed by atoms with E-state index >= 15 is 0 Å². The number of halogens is 1. The number of benzene rings is 2. The number of anilines is 1. The van der Waals surface area contributed by atoms with E-state index in [9.17, 15) is 4.79 Å². The van der Waals surface area contributed by atoms with Crippen molar-refractivity contribution in [3.63, 3.8) is 0 Å². The van der Waals surface area contributed by atoms with Crippen LogP contribution in [-0.4, -0.2) is 12.5 Å². The van der Waals surface area contributed by atoms with Crippen molar-refractivity contribution in [1.29, 1.82) is 0 Å². The Bertz CT molecular complexity index is 603. The van der Waals surface area contributed by atoms with Crippen LogP contribution in [0.5, 0.6) is 0 Å². The maximum Gasteiger partial charge on any atom is 0.238 e. The molecule has 2 aromatic carbocycles. The van der Waals surface area contributed by atoms with Crippen LogP contribution < -0.4 is 10.6 Å². The predicted octanol–water partition coefficient (Wildman–Crippen LogP) is 3.76. The van der Waals surface area contributed by atoms with E-state index in [1.807, 2.05) is 44.2 Å². The van der Waals surface area contributed by atoms with E-state index in [1.165, 1.54) is 11.1 Å². The molecule has 118 valence electrons. The molecule has 1 amide bonds. The number of nitrogens with one attached hydrogen (secondary N) is 2. The van der Waals surface area contributed by atoms with Gasteiger partial charge in [-0.1, -0.05) is 48.0 Å². The first-order chi connectivity index (χ1) is 10.1. The zero-order valence-electron chi connectivity index (χ0n) is 13.3. The van der Waals surface area contributed by atoms with Crippen LogP contribution in [0.4, 0.5) is 5.69 Å². The second-order valence-corrected chi connectivity index (χ2v) is 5.41. The van der Waals surface area contributed by atoms with Crippen molar-refractivity contribution in [2.45, 2.75) is 27.3 Å². The van der Waals surface area contributed by atoms with Crippen molar-refractivity contribution >= 4 is 24.0 Å². The quantitative estimate of drug-likeness (QED) is 0.881. The van der Waals surface area contributed by atoms with Gasteiger partial charge in [-0.25, -0.2) is 0 Å². The minimum Gasteiger partial charge on any atom is -0.324 e. The molecule has 2 N–H and O–H groups in total. The molecule has 0 heterocycles. The number of hydrogen-bond acceptors (Lipinski definition) is 2. The van der Waals surface area contributed by atoms with E-state index in [0.29, 0.717) is 13.1 Å². The summed E-state index contributed by atoms with van der Waals surface area (Å²) in [6.45, 7) is 7.11. The molecule has 0 bridgehead atoms. The molecule has 22 heavy (non-hydrogen) atoms. The second-order valence-electron chi connectivity index (χ2n) is 5.41. The van der Waals surface area contributed by atoms with E-state index in [-0.39, 0.29) is 18.3 Å². The molecular weight excluding hydrogens is 296 g/mol. The molecule has 0 aliphatic heterocycles. The van der Waals surface area contributed by atoms with Crippen LogP contribution >= 0.6 is 12.4 Å². The maximum absolute atomic E-state index is 12.0. The number of hydrogen-bond donors (Lipinski definition) is 2. The van der Waals surface area contributed by atoms with Crippen molar-refractivity contribution in [1.82, 2.24) is 5.32 Å². The fourth-order valence-electron chi connectivity index (χ4n) is 2.48. The molecule has 0 saturated heterocycles. The Morgan fingerprint density at radius 1 is 1.00 bits per heavy atom. The van der Waals surface area contributed by atoms with Crippen molar-refractivity contribution in [3.8, 4) is 0 Å². The summed E-state index contributed by atoms with van der Waals surface area (Å²) in [6, 6.07) is 14.2. The Morgan fingerprint density at radius 2 is 1.59 bits per heavy atom. The molecule has 0 atom stereocenters. The zero-order chi connectivity index (χ0) is 15.2. The Labute approximate surface area is 138 Å². The van der Waals surface area contributed by atoms with Crippen LogP contribution in [0.1, 0.15) is 22.3 Å². The van der Waals surface area contributed by atoms with E-state index in [4.69, 9.17) is 0 Å². The molecule has 4 heteroatoms. The number of carbonyl (C=O) groups excluding carboxylic acids is 1. The zero-order valence-corrected chi connectivity index (χ0v) is 14.1. The van der Waals surface area contributed by atoms with Gasteiger partial charge in [-0.05, 0) is 37.5 Å². The van der Waals surface area contributed by atoms with Gasteiger partial charge in [-0.15, -0.1) is 12.4 Å². The third kappa shape index (κ3) is 5.17. The van der Waals surface area contributed by atoms with Crippen molar-refractivity contribution in [2.24, 2.45) is 0 Å². The second kappa shape index (κ2) is 8.57. The van der Waals surface area contributed by atoms with Crippen LogP contribution in [-0.2, 0) is 11.3 Å². The highest BCUT2D eigenvalue weighted by atomic mass is 35.5. The molecule has 2 rings (SSSR count). The molecule has 0 aliphatic carbocycles. The van der Waals surface area contributed by atoms with Gasteiger partial charge in [0.05, 0.1) is 6.54 Å². The predicted molar refractivity (Wildman–Crippen MR) is 94.7 cm³/mol. The number of rotatable bonds is 5. The molecule has 0 aliphatic rings. The summed E-state index contributed by atoms with van der Waals surface area (Å²) in [5.74, 6) is -0.0130. The largest absolute Gasteiger partial charge is 0.324 e. The topological polar surface area (TPSA) is 41.1 Å². The number of aryl methyl sites for hydroxylation is 3. The third-order valence-electron chi connectivity index (χ3n) is 3.40. The summed E-state index contributed by atoms with van der Waals surface area (Å²) in [5.41, 5.74) is 5.51. The third-order valence-corrected chi connectivity index (χ3v) is 3.40. The fourth-order valence-corrected chi connectivity index (χ4v) is 2.48. The Hall–Kier alpha value is -1.84. The van der Waals surface area contributed by atoms with E-state index in [2.05, 4.69) is 29.7 Å². The molecule has 0 radical (unpaired) electrons. The fraction of sp³-hybridized carbons (Fsp3) is 0.278. The standard InChI is InChI=1S/C18H22N2O.ClH/c1-13-9-14(2)18(15(3)10-13)20-17(21)12-19-11-16-7-5-4-6-8-16;/h4-10,19H,11-12H2,1-3H3,(H,20,21);1H. The van der Waals surface area contributed by atoms with Gasteiger partial charge in [-0.3, -0.25) is 4.79 Å². The molecule has 0 aromatic heterocycles. The highest BCUT2D eigenvalue weighted by Gasteiger charge is 2.07. The lowest BCUT2D eigenvalue weighted by Crippen LogP contribution is -2.28. The number of amides is 1. The summed E-state index contributed by atoms with van der Waals surface area (Å²) < 4.78 is 0. The molecule has 0 spiro atoms. The van der Waals surface area contributed by atoms with Crippen molar-refractivity contribution < 1.29 is 4.79 Å². The van der Waals surface area contributed by atoms with Crippen LogP contribution in [0.25, 0.3) is 0 Å². The molecule has 2 aromatic rings. The highest BCUT2D eigenvalue weighted by Crippen LogP contribution is 2.21. The summed E-state index contributed by atoms with van der Waals surface area (Å²) in [5, 5.41) is 6.15. The van der Waals surface area contributed by atoms with Gasteiger partial charge < -0.3 is 10.6 Å². The summed E-state index contributed by atoms with van der Waals surface area (Å²) >= 11 is 0. The first kappa shape index (κ1) is 18.2. The first-order valence-corrected chi connectivity index (χ1v) is 7.18. The van der Waals surface area contributed by atoms with Gasteiger partial charge in [0.1, 0.15) is 0 Å². The van der Waals surface area contributed by atoms with Gasteiger partial charge in [0.2, 0.25) is 5.91 Å². The molecule has 3 nitrogen and oxygen atoms in total. The summed E-state index contributed by atoms with van der Waals surface area (Å²) in [4.78, 5) is 12.0. The van der Waals surface area contributed by atoms with Crippen LogP contribution in [0.3, 0.4) is 0 Å². The van der Waals surface area contributed by atoms with Crippen molar-refractivity contribution in [2.75, 3.05) is 11.9 Å². The lowest BCUT2D eigenvalue weighted by molar-refractivity contribution is -0.115. The smallest absolute Gasteiger partial charge is 0.238 e. The number of carbonyl (C=O) groups is 1. The summed E-state index contributed by atoms with van der Waals surface area (Å²) in [7, 11) is 0. The van der Waals surface area contributed by atoms with Crippen LogP contribution in [0.15, 0.2) is 42.5 Å².